The quantitative estimate of drug-likeness (QED) is 0.506. The number of hydrazone groups is 1. The first-order valence-electron chi connectivity index (χ1n) is 11.7. The molecule has 8 heteroatoms. The highest BCUT2D eigenvalue weighted by Crippen LogP contribution is 2.38. The summed E-state index contributed by atoms with van der Waals surface area (Å²) in [5, 5.41) is 9.52. The van der Waals surface area contributed by atoms with E-state index in [1.165, 1.54) is 17.3 Å². The maximum Gasteiger partial charge on any atom is 0.262 e. The molecule has 0 fully saturated rings. The zero-order valence-electron chi connectivity index (χ0n) is 20.0. The van der Waals surface area contributed by atoms with E-state index in [9.17, 15) is 9.59 Å². The van der Waals surface area contributed by atoms with E-state index < -0.39 is 5.25 Å². The predicted octanol–water partition coefficient (Wildman–Crippen LogP) is 5.18. The number of amides is 2. The molecule has 2 atom stereocenters. The third-order valence-corrected chi connectivity index (χ3v) is 7.29. The molecule has 1 N–H and O–H groups in total. The number of hydrogen-bond acceptors (Lipinski definition) is 6. The Morgan fingerprint density at radius 3 is 2.47 bits per heavy atom. The van der Waals surface area contributed by atoms with Gasteiger partial charge in [-0.3, -0.25) is 9.59 Å². The van der Waals surface area contributed by atoms with E-state index >= 15 is 0 Å². The molecule has 3 aromatic rings. The first kappa shape index (κ1) is 23.8. The summed E-state index contributed by atoms with van der Waals surface area (Å²) in [7, 11) is 1.64. The maximum absolute atomic E-state index is 12.8. The summed E-state index contributed by atoms with van der Waals surface area (Å²) in [6, 6.07) is 25.2. The zero-order valence-corrected chi connectivity index (χ0v) is 20.9. The number of hydrogen-bond donors (Lipinski definition) is 1. The molecule has 2 amide bonds. The fourth-order valence-corrected chi connectivity index (χ4v) is 5.26. The summed E-state index contributed by atoms with van der Waals surface area (Å²) in [5.74, 6) is 0.249. The van der Waals surface area contributed by atoms with Gasteiger partial charge < -0.3 is 10.1 Å². The highest BCUT2D eigenvalue weighted by Gasteiger charge is 2.39. The second-order valence-electron chi connectivity index (χ2n) is 8.71. The van der Waals surface area contributed by atoms with Gasteiger partial charge in [-0.2, -0.15) is 10.1 Å². The Hall–Kier alpha value is -3.91. The second-order valence-corrected chi connectivity index (χ2v) is 9.88. The molecule has 0 unspecified atom stereocenters. The molecule has 182 valence electrons. The number of carbonyl (C=O) groups is 2. The average Bonchev–Trinajstić information content (AvgIpc) is 3.49. The van der Waals surface area contributed by atoms with E-state index in [4.69, 9.17) is 9.84 Å². The number of aliphatic imine (C=N–C) groups is 1. The SMILES string of the molecule is COc1ccc(C2=NN(C3=NC(=O)[C@@H](CC(=O)Nc4ccccc4)S3)[C@@H](c3ccc(C)cc3)C2)cc1. The fraction of sp³-hybridized carbons (Fsp3) is 0.214. The van der Waals surface area contributed by atoms with E-state index in [1.807, 2.05) is 59.6 Å². The number of thioether (sulfide) groups is 1. The van der Waals surface area contributed by atoms with Gasteiger partial charge in [-0.1, -0.05) is 59.8 Å². The molecule has 0 spiro atoms. The number of rotatable bonds is 6. The van der Waals surface area contributed by atoms with E-state index in [-0.39, 0.29) is 24.3 Å². The van der Waals surface area contributed by atoms with E-state index in [0.717, 1.165) is 22.6 Å². The highest BCUT2D eigenvalue weighted by molar-refractivity contribution is 8.15. The van der Waals surface area contributed by atoms with Crippen molar-refractivity contribution in [2.24, 2.45) is 10.1 Å². The van der Waals surface area contributed by atoms with Crippen LogP contribution in [0.5, 0.6) is 5.75 Å². The smallest absolute Gasteiger partial charge is 0.262 e. The van der Waals surface area contributed by atoms with Crippen molar-refractivity contribution in [3.05, 3.63) is 95.6 Å². The van der Waals surface area contributed by atoms with Gasteiger partial charge in [0.05, 0.1) is 18.9 Å². The molecule has 5 rings (SSSR count). The Morgan fingerprint density at radius 1 is 1.06 bits per heavy atom. The number of nitrogens with zero attached hydrogens (tertiary/aromatic N) is 3. The molecule has 0 bridgehead atoms. The minimum Gasteiger partial charge on any atom is -0.497 e. The summed E-state index contributed by atoms with van der Waals surface area (Å²) in [6.07, 6.45) is 0.714. The van der Waals surface area contributed by atoms with Crippen LogP contribution in [0.15, 0.2) is 89.0 Å². The van der Waals surface area contributed by atoms with Crippen molar-refractivity contribution in [1.29, 1.82) is 0 Å². The number of aryl methyl sites for hydroxylation is 1. The van der Waals surface area contributed by atoms with Crippen LogP contribution in [0.4, 0.5) is 5.69 Å². The van der Waals surface area contributed by atoms with Crippen molar-refractivity contribution in [2.75, 3.05) is 12.4 Å². The molecule has 0 aromatic heterocycles. The largest absolute Gasteiger partial charge is 0.497 e. The topological polar surface area (TPSA) is 83.4 Å². The van der Waals surface area contributed by atoms with Crippen LogP contribution >= 0.6 is 11.8 Å². The Morgan fingerprint density at radius 2 is 1.78 bits per heavy atom. The number of nitrogens with one attached hydrogen (secondary N) is 1. The lowest BCUT2D eigenvalue weighted by Crippen LogP contribution is -2.25. The Balaban J connectivity index is 1.36. The fourth-order valence-electron chi connectivity index (χ4n) is 4.20. The van der Waals surface area contributed by atoms with Crippen LogP contribution in [-0.4, -0.2) is 40.1 Å². The van der Waals surface area contributed by atoms with Crippen molar-refractivity contribution in [3.63, 3.8) is 0 Å². The van der Waals surface area contributed by atoms with Crippen LogP contribution in [-0.2, 0) is 9.59 Å². The lowest BCUT2D eigenvalue weighted by Gasteiger charge is -2.23. The lowest BCUT2D eigenvalue weighted by molar-refractivity contribution is -0.121. The third kappa shape index (κ3) is 5.18. The molecule has 0 aliphatic carbocycles. The van der Waals surface area contributed by atoms with Gasteiger partial charge in [-0.05, 0) is 54.4 Å². The van der Waals surface area contributed by atoms with Crippen LogP contribution in [0.3, 0.4) is 0 Å². The second kappa shape index (κ2) is 10.4. The van der Waals surface area contributed by atoms with Gasteiger partial charge in [-0.25, -0.2) is 5.01 Å². The third-order valence-electron chi connectivity index (χ3n) is 6.15. The average molecular weight is 499 g/mol. The highest BCUT2D eigenvalue weighted by atomic mass is 32.2. The summed E-state index contributed by atoms with van der Waals surface area (Å²) >= 11 is 1.30. The number of methoxy groups -OCH3 is 1. The summed E-state index contributed by atoms with van der Waals surface area (Å²) < 4.78 is 5.29. The number of carbonyl (C=O) groups excluding carboxylic acids is 2. The number of para-hydroxylation sites is 1. The van der Waals surface area contributed by atoms with Crippen molar-refractivity contribution in [2.45, 2.75) is 31.1 Å². The number of amidine groups is 1. The maximum atomic E-state index is 12.8. The van der Waals surface area contributed by atoms with Crippen LogP contribution < -0.4 is 10.1 Å². The standard InChI is InChI=1S/C28H26N4O3S/c1-18-8-10-20(11-9-18)24-16-23(19-12-14-22(35-2)15-13-19)31-32(24)28-30-27(34)25(36-28)17-26(33)29-21-6-4-3-5-7-21/h3-15,24-25H,16-17H2,1-2H3,(H,29,33)/t24-,25-/m1/s1. The molecule has 0 radical (unpaired) electrons. The molecule has 0 saturated carbocycles. The molecule has 2 heterocycles. The van der Waals surface area contributed by atoms with Gasteiger partial charge in [0, 0.05) is 18.5 Å². The number of ether oxygens (including phenoxy) is 1. The van der Waals surface area contributed by atoms with Crippen LogP contribution in [0.1, 0.15) is 35.6 Å². The first-order chi connectivity index (χ1) is 17.5. The van der Waals surface area contributed by atoms with Gasteiger partial charge in [0.1, 0.15) is 11.0 Å². The van der Waals surface area contributed by atoms with Crippen molar-refractivity contribution in [3.8, 4) is 5.75 Å². The van der Waals surface area contributed by atoms with Gasteiger partial charge in [0.25, 0.3) is 5.91 Å². The van der Waals surface area contributed by atoms with Gasteiger partial charge in [-0.15, -0.1) is 0 Å². The van der Waals surface area contributed by atoms with Gasteiger partial charge >= 0.3 is 0 Å². The van der Waals surface area contributed by atoms with Gasteiger partial charge in [0.15, 0.2) is 5.17 Å². The molecule has 2 aliphatic heterocycles. The molecular formula is C28H26N4O3S. The minimum absolute atomic E-state index is 0.0451. The predicted molar refractivity (Wildman–Crippen MR) is 143 cm³/mol. The monoisotopic (exact) mass is 498 g/mol. The van der Waals surface area contributed by atoms with Crippen molar-refractivity contribution in [1.82, 2.24) is 5.01 Å². The molecule has 2 aliphatic rings. The lowest BCUT2D eigenvalue weighted by atomic mass is 9.98. The first-order valence-corrected chi connectivity index (χ1v) is 12.6. The number of benzene rings is 3. The summed E-state index contributed by atoms with van der Waals surface area (Å²) in [5.41, 5.74) is 4.86. The zero-order chi connectivity index (χ0) is 25.1. The number of anilines is 1. The van der Waals surface area contributed by atoms with Crippen LogP contribution in [0.25, 0.3) is 0 Å². The normalized spacial score (nSPS) is 19.2. The van der Waals surface area contributed by atoms with Crippen LogP contribution in [0, 0.1) is 6.92 Å². The van der Waals surface area contributed by atoms with E-state index in [0.29, 0.717) is 17.3 Å². The van der Waals surface area contributed by atoms with Crippen LogP contribution in [0.2, 0.25) is 0 Å². The van der Waals surface area contributed by atoms with Gasteiger partial charge in [0.2, 0.25) is 5.91 Å². The van der Waals surface area contributed by atoms with E-state index in [2.05, 4.69) is 41.5 Å². The molecular weight excluding hydrogens is 472 g/mol. The van der Waals surface area contributed by atoms with E-state index in [1.54, 1.807) is 7.11 Å². The van der Waals surface area contributed by atoms with Crippen molar-refractivity contribution >= 4 is 40.1 Å². The molecule has 0 saturated heterocycles. The molecule has 7 nitrogen and oxygen atoms in total. The summed E-state index contributed by atoms with van der Waals surface area (Å²) in [4.78, 5) is 29.7. The minimum atomic E-state index is -0.581. The summed E-state index contributed by atoms with van der Waals surface area (Å²) in [6.45, 7) is 2.05. The Bertz CT molecular complexity index is 1320. The molecule has 36 heavy (non-hydrogen) atoms. The Labute approximate surface area is 214 Å². The molecule has 3 aromatic carbocycles. The van der Waals surface area contributed by atoms with Crippen molar-refractivity contribution < 1.29 is 14.3 Å². The Kier molecular flexibility index (Phi) is 6.86.